The van der Waals surface area contributed by atoms with Crippen molar-refractivity contribution in [3.8, 4) is 0 Å². The van der Waals surface area contributed by atoms with Crippen molar-refractivity contribution in [2.45, 2.75) is 0 Å². The van der Waals surface area contributed by atoms with E-state index in [2.05, 4.69) is 4.72 Å². The molecule has 0 aliphatic rings. The first kappa shape index (κ1) is 12.0. The van der Waals surface area contributed by atoms with Gasteiger partial charge in [0.05, 0.1) is 6.54 Å². The molecule has 0 saturated heterocycles. The third-order valence-electron chi connectivity index (χ3n) is 1.00. The van der Waals surface area contributed by atoms with Gasteiger partial charge in [-0.25, -0.2) is 9.89 Å². The lowest BCUT2D eigenvalue weighted by atomic mass is 10.7. The van der Waals surface area contributed by atoms with Crippen LogP contribution in [0.5, 0.6) is 0 Å². The van der Waals surface area contributed by atoms with Crippen molar-refractivity contribution in [2.24, 2.45) is 21.3 Å². The van der Waals surface area contributed by atoms with E-state index in [-0.39, 0.29) is 13.1 Å². The van der Waals surface area contributed by atoms with E-state index in [0.717, 1.165) is 0 Å². The fourth-order valence-corrected chi connectivity index (χ4v) is 0.932. The molecule has 0 spiro atoms. The van der Waals surface area contributed by atoms with Crippen LogP contribution in [0.25, 0.3) is 5.84 Å². The van der Waals surface area contributed by atoms with Crippen molar-refractivity contribution < 1.29 is 10.4 Å². The van der Waals surface area contributed by atoms with Gasteiger partial charge in [-0.05, 0) is 10.8 Å². The van der Waals surface area contributed by atoms with Crippen LogP contribution in [-0.2, 0) is 0 Å². The number of hydrogen-bond donors (Lipinski definition) is 7. The Kier molecular flexibility index (Phi) is 4.88. The Labute approximate surface area is 72.1 Å². The van der Waals surface area contributed by atoms with Gasteiger partial charge in [0.25, 0.3) is 0 Å². The Balaban J connectivity index is 3.44. The van der Waals surface area contributed by atoms with Gasteiger partial charge in [0, 0.05) is 0 Å². The fraction of sp³-hybridized carbons (Fsp3) is 1.00. The molecule has 10 heteroatoms. The van der Waals surface area contributed by atoms with Crippen LogP contribution in [-0.4, -0.2) is 13.1 Å². The zero-order chi connectivity index (χ0) is 9.78. The highest BCUT2D eigenvalue weighted by atomic mass is 32.3. The molecule has 12 N–H and O–H groups in total. The van der Waals surface area contributed by atoms with E-state index in [1.807, 2.05) is 0 Å². The van der Waals surface area contributed by atoms with Gasteiger partial charge in [-0.15, -0.1) is 5.84 Å². The van der Waals surface area contributed by atoms with Gasteiger partial charge in [0.15, 0.2) is 0 Å². The molecule has 0 heterocycles. The monoisotopic (exact) mass is 200 g/mol. The Morgan fingerprint density at radius 2 is 1.92 bits per heavy atom. The molecule has 0 amide bonds. The van der Waals surface area contributed by atoms with Crippen LogP contribution in [0.3, 0.4) is 0 Å². The fourth-order valence-electron chi connectivity index (χ4n) is 0.476. The van der Waals surface area contributed by atoms with Crippen molar-refractivity contribution in [3.05, 3.63) is 11.0 Å². The zero-order valence-electron chi connectivity index (χ0n) is 6.54. The van der Waals surface area contributed by atoms with Crippen LogP contribution in [0.2, 0.25) is 0 Å². The molecule has 0 fully saturated rings. The highest BCUT2D eigenvalue weighted by molar-refractivity contribution is 8.26. The van der Waals surface area contributed by atoms with Gasteiger partial charge in [-0.3, -0.25) is 15.4 Å². The summed E-state index contributed by atoms with van der Waals surface area (Å²) >= 11 is 0. The smallest absolute Gasteiger partial charge is 0.135 e. The van der Waals surface area contributed by atoms with Gasteiger partial charge in [-0.2, -0.15) is 5.23 Å². The average Bonchev–Trinajstić information content (AvgIpc) is 1.84. The largest absolute Gasteiger partial charge is 0.583 e. The van der Waals surface area contributed by atoms with Crippen LogP contribution in [0.15, 0.2) is 0 Å². The van der Waals surface area contributed by atoms with Crippen LogP contribution >= 0.6 is 10.8 Å². The summed E-state index contributed by atoms with van der Waals surface area (Å²) in [7, 11) is -2.26. The minimum atomic E-state index is -2.26. The summed E-state index contributed by atoms with van der Waals surface area (Å²) in [6, 6.07) is 0. The maximum atomic E-state index is 10.7. The molecule has 0 saturated carbocycles. The summed E-state index contributed by atoms with van der Waals surface area (Å²) in [4.78, 5) is 0. The van der Waals surface area contributed by atoms with Gasteiger partial charge < -0.3 is 11.0 Å². The summed E-state index contributed by atoms with van der Waals surface area (Å²) in [6.07, 6.45) is 0. The number of rotatable bonds is 5. The summed E-state index contributed by atoms with van der Waals surface area (Å²) in [5.74, 6) is 11.7. The summed E-state index contributed by atoms with van der Waals surface area (Å²) < 4.78 is 2.55. The van der Waals surface area contributed by atoms with Crippen molar-refractivity contribution in [3.63, 3.8) is 0 Å². The Morgan fingerprint density at radius 1 is 1.42 bits per heavy atom. The molecular weight excluding hydrogens is 184 g/mol. The number of hydroxylamine groups is 1. The number of hydrogen-bond acceptors (Lipinski definition) is 6. The van der Waals surface area contributed by atoms with Gasteiger partial charge in [-0.1, -0.05) is 0 Å². The highest BCUT2D eigenvalue weighted by Gasteiger charge is 2.05. The lowest BCUT2D eigenvalue weighted by Crippen LogP contribution is -3.58. The zero-order valence-corrected chi connectivity index (χ0v) is 7.36. The van der Waals surface area contributed by atoms with Gasteiger partial charge in [0.2, 0.25) is 0 Å². The predicted molar refractivity (Wildman–Crippen MR) is 46.8 cm³/mol. The van der Waals surface area contributed by atoms with Crippen molar-refractivity contribution in [1.82, 2.24) is 4.72 Å². The van der Waals surface area contributed by atoms with Crippen LogP contribution in [0.4, 0.5) is 0 Å². The SMILES string of the molecule is [NH-][NH+](N)[NH+]([O-])CCNS(N)(N)N. The molecule has 0 aromatic rings. The Morgan fingerprint density at radius 3 is 2.25 bits per heavy atom. The molecule has 0 aliphatic carbocycles. The van der Waals surface area contributed by atoms with Crippen molar-refractivity contribution >= 4 is 10.8 Å². The Bertz CT molecular complexity index is 123. The molecule has 0 aliphatic heterocycles. The van der Waals surface area contributed by atoms with E-state index in [9.17, 15) is 5.21 Å². The molecule has 9 nitrogen and oxygen atoms in total. The van der Waals surface area contributed by atoms with Crippen LogP contribution < -0.4 is 36.4 Å². The van der Waals surface area contributed by atoms with Gasteiger partial charge in [0.1, 0.15) is 6.54 Å². The molecule has 0 aromatic heterocycles. The van der Waals surface area contributed by atoms with Crippen molar-refractivity contribution in [2.75, 3.05) is 13.1 Å². The van der Waals surface area contributed by atoms with E-state index in [0.29, 0.717) is 0 Å². The second-order valence-corrected chi connectivity index (χ2v) is 4.06. The minimum absolute atomic E-state index is 0.0791. The molecular formula is C2H16N8OS. The molecule has 0 bridgehead atoms. The number of quaternary nitrogens is 2. The topological polar surface area (TPSA) is 172 Å². The third kappa shape index (κ3) is 6.68. The van der Waals surface area contributed by atoms with E-state index in [1.165, 1.54) is 0 Å². The lowest BCUT2D eigenvalue weighted by Gasteiger charge is -2.30. The first-order valence-corrected chi connectivity index (χ1v) is 4.93. The third-order valence-corrected chi connectivity index (χ3v) is 1.71. The molecule has 12 heavy (non-hydrogen) atoms. The van der Waals surface area contributed by atoms with E-state index in [4.69, 9.17) is 27.1 Å². The second-order valence-electron chi connectivity index (χ2n) is 2.24. The minimum Gasteiger partial charge on any atom is -0.583 e. The molecule has 0 rings (SSSR count). The van der Waals surface area contributed by atoms with Crippen molar-refractivity contribution in [1.29, 1.82) is 0 Å². The first-order valence-electron chi connectivity index (χ1n) is 3.11. The standard InChI is InChI=1S/C2H16N8OS/c3-10(4)9(11)2-1-8-12(5,6)7/h3,8-10H,1-2,4-7H2. The molecule has 0 aromatic carbocycles. The molecule has 2 atom stereocenters. The lowest BCUT2D eigenvalue weighted by molar-refractivity contribution is -1.47. The molecule has 0 radical (unpaired) electrons. The average molecular weight is 200 g/mol. The first-order chi connectivity index (χ1) is 5.33. The number of nitrogens with one attached hydrogen (secondary N) is 4. The molecule has 2 unspecified atom stereocenters. The summed E-state index contributed by atoms with van der Waals surface area (Å²) in [5.41, 5.74) is 0. The Hall–Kier alpha value is -0.0100. The second kappa shape index (κ2) is 4.88. The normalized spacial score (nSPS) is 18.8. The predicted octanol–water partition coefficient (Wildman–Crippen LogP) is -5.06. The van der Waals surface area contributed by atoms with E-state index in [1.54, 1.807) is 0 Å². The maximum Gasteiger partial charge on any atom is 0.135 e. The van der Waals surface area contributed by atoms with Gasteiger partial charge >= 0.3 is 0 Å². The van der Waals surface area contributed by atoms with E-state index < -0.39 is 21.2 Å². The van der Waals surface area contributed by atoms with E-state index >= 15 is 0 Å². The van der Waals surface area contributed by atoms with Crippen LogP contribution in [0, 0.1) is 5.21 Å². The quantitative estimate of drug-likeness (QED) is 0.173. The molecule has 76 valence electrons. The summed E-state index contributed by atoms with van der Waals surface area (Å²) in [6.45, 7) is 0.312. The summed E-state index contributed by atoms with van der Waals surface area (Å²) in [5, 5.41) is 25.5. The highest BCUT2D eigenvalue weighted by Crippen LogP contribution is 2.07. The van der Waals surface area contributed by atoms with Crippen LogP contribution in [0.1, 0.15) is 0 Å². The number of nitrogens with two attached hydrogens (primary N) is 4. The maximum absolute atomic E-state index is 10.7.